The predicted molar refractivity (Wildman–Crippen MR) is 112 cm³/mol. The molecule has 0 aliphatic heterocycles. The van der Waals surface area contributed by atoms with Crippen molar-refractivity contribution in [2.24, 2.45) is 5.92 Å². The van der Waals surface area contributed by atoms with Gasteiger partial charge >= 0.3 is 12.1 Å². The minimum atomic E-state index is -0.697. The molecule has 0 fully saturated rings. The Kier molecular flexibility index (Phi) is 12.8. The van der Waals surface area contributed by atoms with Crippen molar-refractivity contribution >= 4 is 12.1 Å². The molecule has 5 heteroatoms. The lowest BCUT2D eigenvalue weighted by atomic mass is 10.1. The van der Waals surface area contributed by atoms with Gasteiger partial charge in [-0.3, -0.25) is 0 Å². The summed E-state index contributed by atoms with van der Waals surface area (Å²) in [6.07, 6.45) is 8.94. The molecular formula is C23H37NO4. The normalized spacial score (nSPS) is 11.9. The zero-order chi connectivity index (χ0) is 20.6. The number of carbonyl (C=O) groups excluding carboxylic acids is 2. The van der Waals surface area contributed by atoms with Crippen LogP contribution in [0.15, 0.2) is 30.3 Å². The summed E-state index contributed by atoms with van der Waals surface area (Å²) >= 11 is 0. The van der Waals surface area contributed by atoms with Crippen LogP contribution in [0.3, 0.4) is 0 Å². The largest absolute Gasteiger partial charge is 0.464 e. The van der Waals surface area contributed by atoms with Crippen LogP contribution in [0, 0.1) is 5.92 Å². The molecule has 0 radical (unpaired) electrons. The monoisotopic (exact) mass is 391 g/mol. The molecule has 1 N–H and O–H groups in total. The molecule has 1 amide bonds. The first-order valence-electron chi connectivity index (χ1n) is 10.7. The SMILES string of the molecule is CCCCCCCCCCOC(=O)C(NC(=O)OCc1ccccc1)C(C)C. The number of unbranched alkanes of at least 4 members (excludes halogenated alkanes) is 7. The van der Waals surface area contributed by atoms with Crippen molar-refractivity contribution in [3.63, 3.8) is 0 Å². The Bertz CT molecular complexity index is 545. The summed E-state index contributed by atoms with van der Waals surface area (Å²) in [4.78, 5) is 24.3. The van der Waals surface area contributed by atoms with E-state index in [1.807, 2.05) is 44.2 Å². The van der Waals surface area contributed by atoms with Crippen LogP contribution < -0.4 is 5.32 Å². The zero-order valence-electron chi connectivity index (χ0n) is 17.7. The molecule has 0 aromatic heterocycles. The fourth-order valence-electron chi connectivity index (χ4n) is 2.89. The number of amides is 1. The van der Waals surface area contributed by atoms with Crippen LogP contribution in [-0.4, -0.2) is 24.7 Å². The van der Waals surface area contributed by atoms with E-state index in [1.165, 1.54) is 38.5 Å². The second-order valence-corrected chi connectivity index (χ2v) is 7.57. The van der Waals surface area contributed by atoms with Gasteiger partial charge < -0.3 is 14.8 Å². The van der Waals surface area contributed by atoms with Crippen molar-refractivity contribution in [1.82, 2.24) is 5.32 Å². The Morgan fingerprint density at radius 3 is 2.11 bits per heavy atom. The number of rotatable bonds is 14. The van der Waals surface area contributed by atoms with E-state index in [0.717, 1.165) is 18.4 Å². The highest BCUT2D eigenvalue weighted by molar-refractivity contribution is 5.81. The molecule has 0 saturated carbocycles. The minimum absolute atomic E-state index is 0.0738. The third-order valence-corrected chi connectivity index (χ3v) is 4.65. The van der Waals surface area contributed by atoms with Gasteiger partial charge in [0, 0.05) is 0 Å². The molecule has 5 nitrogen and oxygen atoms in total. The van der Waals surface area contributed by atoms with E-state index in [1.54, 1.807) is 0 Å². The number of benzene rings is 1. The fourth-order valence-corrected chi connectivity index (χ4v) is 2.89. The summed E-state index contributed by atoms with van der Waals surface area (Å²) in [5.41, 5.74) is 0.899. The average molecular weight is 392 g/mol. The first-order valence-corrected chi connectivity index (χ1v) is 10.7. The third-order valence-electron chi connectivity index (χ3n) is 4.65. The number of alkyl carbamates (subject to hydrolysis) is 1. The van der Waals surface area contributed by atoms with Gasteiger partial charge in [-0.25, -0.2) is 9.59 Å². The van der Waals surface area contributed by atoms with Crippen LogP contribution in [0.2, 0.25) is 0 Å². The van der Waals surface area contributed by atoms with Crippen LogP contribution in [0.25, 0.3) is 0 Å². The van der Waals surface area contributed by atoms with E-state index in [9.17, 15) is 9.59 Å². The molecule has 0 saturated heterocycles. The first-order chi connectivity index (χ1) is 13.5. The van der Waals surface area contributed by atoms with Gasteiger partial charge in [0.15, 0.2) is 0 Å². The lowest BCUT2D eigenvalue weighted by molar-refractivity contribution is -0.147. The summed E-state index contributed by atoms with van der Waals surface area (Å²) < 4.78 is 10.6. The predicted octanol–water partition coefficient (Wildman–Crippen LogP) is 5.62. The maximum Gasteiger partial charge on any atom is 0.408 e. The summed E-state index contributed by atoms with van der Waals surface area (Å²) in [6.45, 7) is 6.54. The van der Waals surface area contributed by atoms with Gasteiger partial charge in [0.05, 0.1) is 6.61 Å². The van der Waals surface area contributed by atoms with Gasteiger partial charge in [0.1, 0.15) is 12.6 Å². The second kappa shape index (κ2) is 14.9. The quantitative estimate of drug-likeness (QED) is 0.330. The smallest absolute Gasteiger partial charge is 0.408 e. The second-order valence-electron chi connectivity index (χ2n) is 7.57. The average Bonchev–Trinajstić information content (AvgIpc) is 2.69. The summed E-state index contributed by atoms with van der Waals surface area (Å²) in [7, 11) is 0. The molecule has 158 valence electrons. The van der Waals surface area contributed by atoms with Gasteiger partial charge in [0.25, 0.3) is 0 Å². The van der Waals surface area contributed by atoms with E-state index in [4.69, 9.17) is 9.47 Å². The molecule has 28 heavy (non-hydrogen) atoms. The van der Waals surface area contributed by atoms with Crippen molar-refractivity contribution in [2.45, 2.75) is 84.8 Å². The third kappa shape index (κ3) is 11.0. The van der Waals surface area contributed by atoms with E-state index in [2.05, 4.69) is 12.2 Å². The molecule has 0 heterocycles. The van der Waals surface area contributed by atoms with Crippen LogP contribution in [0.1, 0.15) is 77.7 Å². The molecule has 1 aromatic carbocycles. The lowest BCUT2D eigenvalue weighted by Gasteiger charge is -2.20. The highest BCUT2D eigenvalue weighted by atomic mass is 16.6. The Balaban J connectivity index is 2.22. The van der Waals surface area contributed by atoms with E-state index in [0.29, 0.717) is 6.61 Å². The molecule has 0 spiro atoms. The molecule has 1 rings (SSSR count). The van der Waals surface area contributed by atoms with Crippen molar-refractivity contribution in [1.29, 1.82) is 0 Å². The van der Waals surface area contributed by atoms with Gasteiger partial charge in [-0.1, -0.05) is 96.0 Å². The summed E-state index contributed by atoms with van der Waals surface area (Å²) in [5.74, 6) is -0.468. The zero-order valence-corrected chi connectivity index (χ0v) is 17.7. The molecular weight excluding hydrogens is 354 g/mol. The molecule has 1 atom stereocenters. The summed E-state index contributed by atoms with van der Waals surface area (Å²) in [6, 6.07) is 8.74. The standard InChI is InChI=1S/C23H37NO4/c1-4-5-6-7-8-9-10-14-17-27-22(25)21(19(2)3)24-23(26)28-18-20-15-12-11-13-16-20/h11-13,15-16,19,21H,4-10,14,17-18H2,1-3H3,(H,24,26). The van der Waals surface area contributed by atoms with E-state index >= 15 is 0 Å². The van der Waals surface area contributed by atoms with Crippen molar-refractivity contribution in [3.8, 4) is 0 Å². The number of nitrogens with one attached hydrogen (secondary N) is 1. The molecule has 1 aromatic rings. The Labute approximate surface area is 170 Å². The number of esters is 1. The Hall–Kier alpha value is -2.04. The molecule has 0 aliphatic rings. The number of carbonyl (C=O) groups is 2. The van der Waals surface area contributed by atoms with Crippen LogP contribution in [-0.2, 0) is 20.9 Å². The van der Waals surface area contributed by atoms with E-state index in [-0.39, 0.29) is 12.5 Å². The van der Waals surface area contributed by atoms with Gasteiger partial charge in [-0.15, -0.1) is 0 Å². The molecule has 0 bridgehead atoms. The molecule has 1 unspecified atom stereocenters. The van der Waals surface area contributed by atoms with E-state index < -0.39 is 18.1 Å². The maximum atomic E-state index is 12.3. The van der Waals surface area contributed by atoms with Crippen molar-refractivity contribution in [2.75, 3.05) is 6.61 Å². The van der Waals surface area contributed by atoms with Crippen molar-refractivity contribution < 1.29 is 19.1 Å². The van der Waals surface area contributed by atoms with Gasteiger partial charge in [-0.05, 0) is 17.9 Å². The van der Waals surface area contributed by atoms with Crippen molar-refractivity contribution in [3.05, 3.63) is 35.9 Å². The highest BCUT2D eigenvalue weighted by Gasteiger charge is 2.26. The number of ether oxygens (including phenoxy) is 2. The van der Waals surface area contributed by atoms with Crippen LogP contribution in [0.5, 0.6) is 0 Å². The Morgan fingerprint density at radius 2 is 1.50 bits per heavy atom. The van der Waals surface area contributed by atoms with Crippen LogP contribution in [0.4, 0.5) is 4.79 Å². The van der Waals surface area contributed by atoms with Crippen LogP contribution >= 0.6 is 0 Å². The lowest BCUT2D eigenvalue weighted by Crippen LogP contribution is -2.45. The Morgan fingerprint density at radius 1 is 0.893 bits per heavy atom. The van der Waals surface area contributed by atoms with Gasteiger partial charge in [-0.2, -0.15) is 0 Å². The maximum absolute atomic E-state index is 12.3. The number of hydrogen-bond acceptors (Lipinski definition) is 4. The fraction of sp³-hybridized carbons (Fsp3) is 0.652. The number of hydrogen-bond donors (Lipinski definition) is 1. The summed E-state index contributed by atoms with van der Waals surface area (Å²) in [5, 5.41) is 2.63. The first kappa shape index (κ1) is 24.0. The minimum Gasteiger partial charge on any atom is -0.464 e. The highest BCUT2D eigenvalue weighted by Crippen LogP contribution is 2.10. The van der Waals surface area contributed by atoms with Gasteiger partial charge in [0.2, 0.25) is 0 Å². The topological polar surface area (TPSA) is 64.6 Å². The molecule has 0 aliphatic carbocycles.